The number of fused-ring (bicyclic) bond motifs is 1. The van der Waals surface area contributed by atoms with E-state index < -0.39 is 0 Å². The number of hydrogen-bond acceptors (Lipinski definition) is 4. The first-order valence-corrected chi connectivity index (χ1v) is 14.6. The van der Waals surface area contributed by atoms with Crippen LogP contribution in [0.2, 0.25) is 0 Å². The fourth-order valence-corrected chi connectivity index (χ4v) is 6.04. The molecule has 0 spiro atoms. The Morgan fingerprint density at radius 1 is 1.02 bits per heavy atom. The minimum absolute atomic E-state index is 0.217. The number of nitrogens with one attached hydrogen (secondary N) is 2. The molecule has 0 radical (unpaired) electrons. The topological polar surface area (TPSA) is 87.3 Å². The summed E-state index contributed by atoms with van der Waals surface area (Å²) in [7, 11) is 1.62. The average Bonchev–Trinajstić information content (AvgIpc) is 3.48. The van der Waals surface area contributed by atoms with Crippen molar-refractivity contribution in [2.45, 2.75) is 65.2 Å². The fraction of sp³-hybridized carbons (Fsp3) is 0.382. The van der Waals surface area contributed by atoms with Gasteiger partial charge in [-0.1, -0.05) is 70.9 Å². The maximum absolute atomic E-state index is 14.5. The maximum atomic E-state index is 14.5. The molecular formula is C34H40N4O3. The van der Waals surface area contributed by atoms with Crippen LogP contribution >= 0.6 is 0 Å². The van der Waals surface area contributed by atoms with E-state index in [0.29, 0.717) is 35.1 Å². The maximum Gasteiger partial charge on any atom is 0.326 e. The van der Waals surface area contributed by atoms with Gasteiger partial charge in [0.2, 0.25) is 0 Å². The van der Waals surface area contributed by atoms with Crippen molar-refractivity contribution in [2.75, 3.05) is 23.9 Å². The number of nitrogens with zero attached hydrogens (tertiary/aromatic N) is 2. The zero-order chi connectivity index (χ0) is 29.1. The highest BCUT2D eigenvalue weighted by Gasteiger charge is 2.30. The van der Waals surface area contributed by atoms with Crippen molar-refractivity contribution >= 4 is 28.4 Å². The molecule has 1 aliphatic rings. The number of anilines is 2. The number of hydrogen-bond donors (Lipinski definition) is 2. The van der Waals surface area contributed by atoms with Crippen LogP contribution in [0.25, 0.3) is 22.2 Å². The van der Waals surface area contributed by atoms with Gasteiger partial charge >= 0.3 is 6.03 Å². The van der Waals surface area contributed by atoms with E-state index >= 15 is 0 Å². The molecule has 7 heteroatoms. The first-order chi connectivity index (χ1) is 19.8. The molecule has 2 amide bonds. The summed E-state index contributed by atoms with van der Waals surface area (Å²) in [4.78, 5) is 37.5. The third kappa shape index (κ3) is 5.85. The Bertz CT molecular complexity index is 1580. The van der Waals surface area contributed by atoms with Gasteiger partial charge in [-0.2, -0.15) is 0 Å². The molecule has 0 saturated heterocycles. The number of amides is 2. The Hall–Kier alpha value is -4.13. The predicted octanol–water partition coefficient (Wildman–Crippen LogP) is 8.07. The van der Waals surface area contributed by atoms with Crippen molar-refractivity contribution in [1.29, 1.82) is 0 Å². The van der Waals surface area contributed by atoms with E-state index in [2.05, 4.69) is 61.2 Å². The van der Waals surface area contributed by atoms with E-state index in [4.69, 9.17) is 4.74 Å². The molecule has 0 unspecified atom stereocenters. The van der Waals surface area contributed by atoms with Crippen molar-refractivity contribution in [2.24, 2.45) is 5.92 Å². The Balaban J connectivity index is 1.72. The smallest absolute Gasteiger partial charge is 0.326 e. The summed E-state index contributed by atoms with van der Waals surface area (Å²) in [5.74, 6) is 1.42. The van der Waals surface area contributed by atoms with E-state index in [1.54, 1.807) is 18.2 Å². The summed E-state index contributed by atoms with van der Waals surface area (Å²) >= 11 is 0. The van der Waals surface area contributed by atoms with Gasteiger partial charge in [0.25, 0.3) is 5.56 Å². The lowest BCUT2D eigenvalue weighted by atomic mass is 9.92. The number of ether oxygens (including phenoxy) is 1. The van der Waals surface area contributed by atoms with Gasteiger partial charge in [-0.3, -0.25) is 9.69 Å². The van der Waals surface area contributed by atoms with Crippen LogP contribution in [-0.2, 0) is 0 Å². The number of rotatable bonds is 8. The second kappa shape index (κ2) is 12.2. The summed E-state index contributed by atoms with van der Waals surface area (Å²) in [5.41, 5.74) is 4.92. The number of aromatic nitrogens is 2. The van der Waals surface area contributed by atoms with Crippen LogP contribution in [0.3, 0.4) is 0 Å². The Morgan fingerprint density at radius 3 is 2.37 bits per heavy atom. The highest BCUT2D eigenvalue weighted by Crippen LogP contribution is 2.38. The second-order valence-electron chi connectivity index (χ2n) is 11.6. The normalized spacial score (nSPS) is 13.7. The minimum atomic E-state index is -0.344. The van der Waals surface area contributed by atoms with Gasteiger partial charge in [0.05, 0.1) is 7.11 Å². The molecule has 4 aromatic rings. The van der Waals surface area contributed by atoms with Gasteiger partial charge in [-0.25, -0.2) is 9.78 Å². The van der Waals surface area contributed by atoms with Crippen molar-refractivity contribution < 1.29 is 9.53 Å². The predicted molar refractivity (Wildman–Crippen MR) is 167 cm³/mol. The number of benzene rings is 2. The van der Waals surface area contributed by atoms with Gasteiger partial charge in [0.15, 0.2) is 0 Å². The van der Waals surface area contributed by atoms with Crippen molar-refractivity contribution in [3.63, 3.8) is 0 Å². The Morgan fingerprint density at radius 2 is 1.71 bits per heavy atom. The molecule has 1 fully saturated rings. The molecule has 2 aromatic heterocycles. The van der Waals surface area contributed by atoms with Crippen molar-refractivity contribution in [3.8, 4) is 16.9 Å². The average molecular weight is 553 g/mol. The monoisotopic (exact) mass is 552 g/mol. The summed E-state index contributed by atoms with van der Waals surface area (Å²) < 4.78 is 5.53. The summed E-state index contributed by atoms with van der Waals surface area (Å²) in [6, 6.07) is 17.3. The molecule has 214 valence electrons. The largest absolute Gasteiger partial charge is 0.497 e. The van der Waals surface area contributed by atoms with Gasteiger partial charge in [0, 0.05) is 29.4 Å². The molecule has 2 aromatic carbocycles. The van der Waals surface area contributed by atoms with Crippen LogP contribution in [0.4, 0.5) is 16.2 Å². The van der Waals surface area contributed by atoms with Gasteiger partial charge in [-0.05, 0) is 71.6 Å². The molecule has 2 N–H and O–H groups in total. The molecular weight excluding hydrogens is 512 g/mol. The molecule has 1 saturated carbocycles. The Kier molecular flexibility index (Phi) is 8.43. The second-order valence-corrected chi connectivity index (χ2v) is 11.6. The van der Waals surface area contributed by atoms with Gasteiger partial charge < -0.3 is 15.0 Å². The molecule has 7 nitrogen and oxygen atoms in total. The number of methoxy groups -OCH3 is 1. The van der Waals surface area contributed by atoms with Crippen LogP contribution in [0.1, 0.15) is 76.3 Å². The minimum Gasteiger partial charge on any atom is -0.497 e. The van der Waals surface area contributed by atoms with E-state index in [-0.39, 0.29) is 23.4 Å². The van der Waals surface area contributed by atoms with E-state index in [9.17, 15) is 9.59 Å². The van der Waals surface area contributed by atoms with Gasteiger partial charge in [-0.15, -0.1) is 0 Å². The zero-order valence-corrected chi connectivity index (χ0v) is 24.7. The number of para-hydroxylation sites is 1. The number of urea groups is 1. The highest BCUT2D eigenvalue weighted by atomic mass is 16.5. The first kappa shape index (κ1) is 28.4. The molecule has 0 bridgehead atoms. The molecule has 1 aliphatic carbocycles. The quantitative estimate of drug-likeness (QED) is 0.231. The van der Waals surface area contributed by atoms with Crippen LogP contribution in [0.15, 0.2) is 65.6 Å². The third-order valence-electron chi connectivity index (χ3n) is 8.15. The van der Waals surface area contributed by atoms with E-state index in [1.807, 2.05) is 36.4 Å². The van der Waals surface area contributed by atoms with Crippen LogP contribution in [0.5, 0.6) is 5.75 Å². The first-order valence-electron chi connectivity index (χ1n) is 14.6. The Labute approximate surface area is 242 Å². The number of aromatic amines is 1. The van der Waals surface area contributed by atoms with Crippen LogP contribution in [0, 0.1) is 5.92 Å². The summed E-state index contributed by atoms with van der Waals surface area (Å²) in [5, 5.41) is 4.05. The molecule has 5 rings (SSSR count). The molecule has 0 atom stereocenters. The standard InChI is InChI=1S/C34H40N4O3/c1-21(2)26-15-9-16-27(22(3)4)30(26)36-34(40)38(20-23-11-6-7-12-23)31-29(24-13-8-14-25(19-24)41-5)28-17-10-18-35-32(28)37-33(31)39/h8-10,13-19,21-23H,6-7,11-12,20H2,1-5H3,(H,36,40)(H,35,37,39). The lowest BCUT2D eigenvalue weighted by molar-refractivity contribution is 0.255. The molecule has 0 aliphatic heterocycles. The van der Waals surface area contributed by atoms with Gasteiger partial charge in [0.1, 0.15) is 17.1 Å². The molecule has 41 heavy (non-hydrogen) atoms. The number of carbonyl (C=O) groups is 1. The van der Waals surface area contributed by atoms with E-state index in [1.165, 1.54) is 0 Å². The fourth-order valence-electron chi connectivity index (χ4n) is 6.04. The molecule has 2 heterocycles. The number of H-pyrrole nitrogens is 1. The zero-order valence-electron chi connectivity index (χ0n) is 24.7. The third-order valence-corrected chi connectivity index (χ3v) is 8.15. The van der Waals surface area contributed by atoms with Crippen LogP contribution < -0.4 is 20.5 Å². The summed E-state index contributed by atoms with van der Waals surface area (Å²) in [6.07, 6.45) is 5.99. The van der Waals surface area contributed by atoms with Crippen LogP contribution in [-0.4, -0.2) is 29.7 Å². The number of pyridine rings is 2. The van der Waals surface area contributed by atoms with E-state index in [0.717, 1.165) is 53.4 Å². The van der Waals surface area contributed by atoms with Crippen molar-refractivity contribution in [3.05, 3.63) is 82.3 Å². The lowest BCUT2D eigenvalue weighted by Gasteiger charge is -2.29. The number of carbonyl (C=O) groups excluding carboxylic acids is 1. The highest BCUT2D eigenvalue weighted by molar-refractivity contribution is 6.09. The SMILES string of the molecule is COc1cccc(-c2c(N(CC3CCCC3)C(=O)Nc3c(C(C)C)cccc3C(C)C)c(=O)[nH]c3ncccc23)c1. The lowest BCUT2D eigenvalue weighted by Crippen LogP contribution is -2.42. The summed E-state index contributed by atoms with van der Waals surface area (Å²) in [6.45, 7) is 8.99. The van der Waals surface area contributed by atoms with Crippen molar-refractivity contribution in [1.82, 2.24) is 9.97 Å².